The van der Waals surface area contributed by atoms with Crippen LogP contribution in [0.2, 0.25) is 0 Å². The number of nitrogens with zero attached hydrogens (tertiary/aromatic N) is 2. The van der Waals surface area contributed by atoms with Crippen molar-refractivity contribution in [3.8, 4) is 0 Å². The lowest BCUT2D eigenvalue weighted by molar-refractivity contribution is 0.153. The van der Waals surface area contributed by atoms with E-state index in [-0.39, 0.29) is 0 Å². The molecule has 1 fully saturated rings. The van der Waals surface area contributed by atoms with Crippen LogP contribution >= 0.6 is 0 Å². The van der Waals surface area contributed by atoms with E-state index in [1.807, 2.05) is 0 Å². The summed E-state index contributed by atoms with van der Waals surface area (Å²) < 4.78 is 0. The first-order chi connectivity index (χ1) is 8.65. The van der Waals surface area contributed by atoms with E-state index < -0.39 is 0 Å². The van der Waals surface area contributed by atoms with Gasteiger partial charge in [0.2, 0.25) is 0 Å². The summed E-state index contributed by atoms with van der Waals surface area (Å²) >= 11 is 0. The Morgan fingerprint density at radius 1 is 1.06 bits per heavy atom. The molecule has 0 amide bonds. The molecule has 0 spiro atoms. The molecule has 0 saturated carbocycles. The minimum absolute atomic E-state index is 0.715. The van der Waals surface area contributed by atoms with E-state index in [0.29, 0.717) is 6.04 Å². The van der Waals surface area contributed by atoms with Gasteiger partial charge in [-0.1, -0.05) is 27.2 Å². The average Bonchev–Trinajstić information content (AvgIpc) is 2.39. The van der Waals surface area contributed by atoms with Crippen LogP contribution in [0.4, 0.5) is 0 Å². The van der Waals surface area contributed by atoms with Crippen molar-refractivity contribution in [2.75, 3.05) is 46.3 Å². The summed E-state index contributed by atoms with van der Waals surface area (Å²) in [7, 11) is 2.22. The molecule has 1 rings (SSSR count). The van der Waals surface area contributed by atoms with E-state index in [1.165, 1.54) is 52.0 Å². The molecule has 1 N–H and O–H groups in total. The predicted molar refractivity (Wildman–Crippen MR) is 80.1 cm³/mol. The Balaban J connectivity index is 2.11. The van der Waals surface area contributed by atoms with Crippen molar-refractivity contribution in [2.45, 2.75) is 46.1 Å². The highest BCUT2D eigenvalue weighted by Gasteiger charge is 2.14. The first-order valence-electron chi connectivity index (χ1n) is 7.80. The molecule has 2 unspecified atom stereocenters. The first-order valence-corrected chi connectivity index (χ1v) is 7.80. The number of hydrogen-bond donors (Lipinski definition) is 1. The Hall–Kier alpha value is -0.120. The van der Waals surface area contributed by atoms with E-state index >= 15 is 0 Å². The SMILES string of the molecule is CCC(C)CC(CC)NCCN1CCN(C)CC1. The molecule has 18 heavy (non-hydrogen) atoms. The van der Waals surface area contributed by atoms with Crippen LogP contribution in [0.1, 0.15) is 40.0 Å². The molecule has 108 valence electrons. The maximum Gasteiger partial charge on any atom is 0.0110 e. The Morgan fingerprint density at radius 3 is 2.28 bits per heavy atom. The van der Waals surface area contributed by atoms with Gasteiger partial charge >= 0.3 is 0 Å². The van der Waals surface area contributed by atoms with Gasteiger partial charge < -0.3 is 10.2 Å². The molecule has 3 heteroatoms. The smallest absolute Gasteiger partial charge is 0.0110 e. The van der Waals surface area contributed by atoms with Crippen molar-refractivity contribution in [1.82, 2.24) is 15.1 Å². The number of piperazine rings is 1. The van der Waals surface area contributed by atoms with Crippen molar-refractivity contribution in [3.05, 3.63) is 0 Å². The monoisotopic (exact) mass is 255 g/mol. The predicted octanol–water partition coefficient (Wildman–Crippen LogP) is 2.04. The fourth-order valence-corrected chi connectivity index (χ4v) is 2.54. The Bertz CT molecular complexity index is 200. The van der Waals surface area contributed by atoms with Crippen molar-refractivity contribution >= 4 is 0 Å². The highest BCUT2D eigenvalue weighted by Crippen LogP contribution is 2.11. The van der Waals surface area contributed by atoms with Crippen molar-refractivity contribution < 1.29 is 0 Å². The average molecular weight is 255 g/mol. The van der Waals surface area contributed by atoms with Crippen molar-refractivity contribution in [3.63, 3.8) is 0 Å². The summed E-state index contributed by atoms with van der Waals surface area (Å²) in [4.78, 5) is 5.00. The zero-order valence-corrected chi connectivity index (χ0v) is 12.9. The zero-order chi connectivity index (χ0) is 13.4. The normalized spacial score (nSPS) is 22.0. The maximum absolute atomic E-state index is 3.74. The lowest BCUT2D eigenvalue weighted by Crippen LogP contribution is -2.47. The lowest BCUT2D eigenvalue weighted by atomic mass is 9.98. The number of nitrogens with one attached hydrogen (secondary N) is 1. The summed E-state index contributed by atoms with van der Waals surface area (Å²) in [6.45, 7) is 14.3. The van der Waals surface area contributed by atoms with E-state index in [1.54, 1.807) is 0 Å². The largest absolute Gasteiger partial charge is 0.313 e. The quantitative estimate of drug-likeness (QED) is 0.716. The van der Waals surface area contributed by atoms with Crippen LogP contribution < -0.4 is 5.32 Å². The van der Waals surface area contributed by atoms with Crippen LogP contribution in [-0.4, -0.2) is 62.2 Å². The highest BCUT2D eigenvalue weighted by molar-refractivity contribution is 4.72. The third kappa shape index (κ3) is 6.17. The summed E-state index contributed by atoms with van der Waals surface area (Å²) in [5, 5.41) is 3.74. The van der Waals surface area contributed by atoms with Gasteiger partial charge in [-0.05, 0) is 25.8 Å². The third-order valence-electron chi connectivity index (χ3n) is 4.33. The molecule has 1 aliphatic rings. The third-order valence-corrected chi connectivity index (χ3v) is 4.33. The molecule has 1 saturated heterocycles. The van der Waals surface area contributed by atoms with E-state index in [2.05, 4.69) is 42.9 Å². The molecule has 2 atom stereocenters. The van der Waals surface area contributed by atoms with Gasteiger partial charge in [0, 0.05) is 45.3 Å². The zero-order valence-electron chi connectivity index (χ0n) is 12.9. The fraction of sp³-hybridized carbons (Fsp3) is 1.00. The van der Waals surface area contributed by atoms with Gasteiger partial charge in [0.1, 0.15) is 0 Å². The van der Waals surface area contributed by atoms with E-state index in [9.17, 15) is 0 Å². The molecule has 0 bridgehead atoms. The topological polar surface area (TPSA) is 18.5 Å². The molecule has 0 aliphatic carbocycles. The van der Waals surface area contributed by atoms with Crippen molar-refractivity contribution in [2.24, 2.45) is 5.92 Å². The molecule has 0 aromatic rings. The molecule has 0 aromatic carbocycles. The van der Waals surface area contributed by atoms with Gasteiger partial charge in [0.25, 0.3) is 0 Å². The van der Waals surface area contributed by atoms with Gasteiger partial charge in [0.05, 0.1) is 0 Å². The van der Waals surface area contributed by atoms with Crippen LogP contribution in [0.15, 0.2) is 0 Å². The molecule has 1 heterocycles. The van der Waals surface area contributed by atoms with Crippen LogP contribution in [-0.2, 0) is 0 Å². The van der Waals surface area contributed by atoms with Gasteiger partial charge in [-0.15, -0.1) is 0 Å². The lowest BCUT2D eigenvalue weighted by Gasteiger charge is -2.32. The second-order valence-corrected chi connectivity index (χ2v) is 5.95. The van der Waals surface area contributed by atoms with Gasteiger partial charge in [-0.2, -0.15) is 0 Å². The maximum atomic E-state index is 3.74. The number of likely N-dealkylation sites (N-methyl/N-ethyl adjacent to an activating group) is 1. The first kappa shape index (κ1) is 15.9. The second kappa shape index (κ2) is 8.89. The van der Waals surface area contributed by atoms with Crippen LogP contribution in [0.5, 0.6) is 0 Å². The highest BCUT2D eigenvalue weighted by atomic mass is 15.2. The summed E-state index contributed by atoms with van der Waals surface area (Å²) in [5.41, 5.74) is 0. The molecule has 3 nitrogen and oxygen atoms in total. The standard InChI is InChI=1S/C15H33N3/c1-5-14(3)13-15(6-2)16-7-8-18-11-9-17(4)10-12-18/h14-16H,5-13H2,1-4H3. The Morgan fingerprint density at radius 2 is 1.72 bits per heavy atom. The van der Waals surface area contributed by atoms with Gasteiger partial charge in [-0.3, -0.25) is 4.90 Å². The number of rotatable bonds is 8. The molecule has 0 radical (unpaired) electrons. The van der Waals surface area contributed by atoms with Gasteiger partial charge in [-0.25, -0.2) is 0 Å². The molecule has 0 aromatic heterocycles. The molecule has 1 aliphatic heterocycles. The van der Waals surface area contributed by atoms with Crippen LogP contribution in [0.3, 0.4) is 0 Å². The minimum atomic E-state index is 0.715. The molecular formula is C15H33N3. The van der Waals surface area contributed by atoms with Crippen LogP contribution in [0, 0.1) is 5.92 Å². The summed E-state index contributed by atoms with van der Waals surface area (Å²) in [6.07, 6.45) is 3.89. The molecular weight excluding hydrogens is 222 g/mol. The summed E-state index contributed by atoms with van der Waals surface area (Å²) in [5.74, 6) is 0.853. The van der Waals surface area contributed by atoms with Crippen LogP contribution in [0.25, 0.3) is 0 Å². The van der Waals surface area contributed by atoms with Crippen molar-refractivity contribution in [1.29, 1.82) is 0 Å². The summed E-state index contributed by atoms with van der Waals surface area (Å²) in [6, 6.07) is 0.715. The Kier molecular flexibility index (Phi) is 7.87. The fourth-order valence-electron chi connectivity index (χ4n) is 2.54. The number of hydrogen-bond acceptors (Lipinski definition) is 3. The van der Waals surface area contributed by atoms with E-state index in [4.69, 9.17) is 0 Å². The van der Waals surface area contributed by atoms with E-state index in [0.717, 1.165) is 12.5 Å². The minimum Gasteiger partial charge on any atom is -0.313 e. The second-order valence-electron chi connectivity index (χ2n) is 5.95. The Labute approximate surface area is 114 Å². The van der Waals surface area contributed by atoms with Gasteiger partial charge in [0.15, 0.2) is 0 Å².